The van der Waals surface area contributed by atoms with Crippen molar-refractivity contribution in [2.75, 3.05) is 13.1 Å². The molecular formula is C24H28N4O2. The number of carbonyl (C=O) groups excluding carboxylic acids is 1. The summed E-state index contributed by atoms with van der Waals surface area (Å²) in [6.07, 6.45) is 4.65. The number of amides is 1. The number of nitrogens with zero attached hydrogens (tertiary/aromatic N) is 4. The van der Waals surface area contributed by atoms with Gasteiger partial charge in [0.15, 0.2) is 0 Å². The molecule has 0 bridgehead atoms. The highest BCUT2D eigenvalue weighted by Gasteiger charge is 2.33. The van der Waals surface area contributed by atoms with Gasteiger partial charge in [-0.25, -0.2) is 0 Å². The minimum atomic E-state index is -0.101. The van der Waals surface area contributed by atoms with Crippen molar-refractivity contribution < 1.29 is 9.21 Å². The summed E-state index contributed by atoms with van der Waals surface area (Å²) in [6.45, 7) is 9.76. The predicted molar refractivity (Wildman–Crippen MR) is 114 cm³/mol. The fourth-order valence-electron chi connectivity index (χ4n) is 4.28. The van der Waals surface area contributed by atoms with Crippen molar-refractivity contribution >= 4 is 5.91 Å². The van der Waals surface area contributed by atoms with Gasteiger partial charge in [0.2, 0.25) is 11.8 Å². The molecule has 1 saturated heterocycles. The first-order chi connectivity index (χ1) is 14.3. The molecule has 3 aromatic rings. The number of pyridine rings is 1. The Morgan fingerprint density at radius 1 is 1.17 bits per heavy atom. The maximum absolute atomic E-state index is 13.0. The molecule has 6 nitrogen and oxygen atoms in total. The van der Waals surface area contributed by atoms with Crippen LogP contribution in [0, 0.1) is 12.3 Å². The Morgan fingerprint density at radius 2 is 1.93 bits per heavy atom. The molecule has 0 aliphatic carbocycles. The molecule has 0 saturated carbocycles. The van der Waals surface area contributed by atoms with Crippen LogP contribution in [0.3, 0.4) is 0 Å². The van der Waals surface area contributed by atoms with Crippen molar-refractivity contribution in [3.8, 4) is 0 Å². The van der Waals surface area contributed by atoms with E-state index < -0.39 is 0 Å². The van der Waals surface area contributed by atoms with Crippen molar-refractivity contribution in [3.63, 3.8) is 0 Å². The summed E-state index contributed by atoms with van der Waals surface area (Å²) >= 11 is 0. The number of aryl methyl sites for hydroxylation is 1. The zero-order valence-electron chi connectivity index (χ0n) is 18.0. The minimum absolute atomic E-state index is 0.0374. The van der Waals surface area contributed by atoms with Crippen LogP contribution in [0.25, 0.3) is 0 Å². The van der Waals surface area contributed by atoms with Gasteiger partial charge in [-0.2, -0.15) is 0 Å². The molecule has 1 aromatic carbocycles. The monoisotopic (exact) mass is 404 g/mol. The lowest BCUT2D eigenvalue weighted by Gasteiger charge is -2.28. The van der Waals surface area contributed by atoms with Crippen LogP contribution in [0.4, 0.5) is 0 Å². The first kappa shape index (κ1) is 20.3. The Labute approximate surface area is 177 Å². The molecule has 4 rings (SSSR count). The number of likely N-dealkylation sites (tertiary alicyclic amines) is 1. The second-order valence-electron chi connectivity index (χ2n) is 9.10. The van der Waals surface area contributed by atoms with Crippen molar-refractivity contribution in [2.45, 2.75) is 46.0 Å². The van der Waals surface area contributed by atoms with Gasteiger partial charge in [-0.1, -0.05) is 39.0 Å². The fraction of sp³-hybridized carbons (Fsp3) is 0.417. The molecule has 0 N–H and O–H groups in total. The van der Waals surface area contributed by atoms with Crippen LogP contribution < -0.4 is 0 Å². The van der Waals surface area contributed by atoms with E-state index in [-0.39, 0.29) is 17.2 Å². The molecule has 0 spiro atoms. The normalized spacial score (nSPS) is 17.9. The van der Waals surface area contributed by atoms with Crippen molar-refractivity contribution in [3.05, 3.63) is 77.3 Å². The van der Waals surface area contributed by atoms with Crippen LogP contribution in [0.5, 0.6) is 0 Å². The quantitative estimate of drug-likeness (QED) is 0.636. The smallest absolute Gasteiger partial charge is 0.253 e. The molecule has 2 unspecified atom stereocenters. The Bertz CT molecular complexity index is 1010. The Balaban J connectivity index is 1.51. The maximum atomic E-state index is 13.0. The minimum Gasteiger partial charge on any atom is -0.425 e. The molecule has 2 atom stereocenters. The lowest BCUT2D eigenvalue weighted by atomic mass is 9.76. The number of benzene rings is 1. The van der Waals surface area contributed by atoms with Gasteiger partial charge >= 0.3 is 0 Å². The second kappa shape index (κ2) is 8.01. The number of carbonyl (C=O) groups is 1. The summed E-state index contributed by atoms with van der Waals surface area (Å²) < 4.78 is 5.74. The van der Waals surface area contributed by atoms with E-state index in [2.05, 4.69) is 42.0 Å². The van der Waals surface area contributed by atoms with Gasteiger partial charge in [-0.05, 0) is 41.2 Å². The van der Waals surface area contributed by atoms with Gasteiger partial charge < -0.3 is 9.32 Å². The summed E-state index contributed by atoms with van der Waals surface area (Å²) in [6, 6.07) is 11.9. The van der Waals surface area contributed by atoms with E-state index in [1.54, 1.807) is 13.1 Å². The van der Waals surface area contributed by atoms with E-state index in [1.807, 2.05) is 41.4 Å². The van der Waals surface area contributed by atoms with E-state index >= 15 is 0 Å². The van der Waals surface area contributed by atoms with Gasteiger partial charge in [0.1, 0.15) is 0 Å². The van der Waals surface area contributed by atoms with E-state index in [1.165, 1.54) is 5.56 Å². The van der Waals surface area contributed by atoms with E-state index in [0.717, 1.165) is 25.1 Å². The molecule has 1 aliphatic heterocycles. The highest BCUT2D eigenvalue weighted by atomic mass is 16.4. The van der Waals surface area contributed by atoms with Crippen molar-refractivity contribution in [1.82, 2.24) is 20.1 Å². The van der Waals surface area contributed by atoms with Crippen molar-refractivity contribution in [1.29, 1.82) is 0 Å². The van der Waals surface area contributed by atoms with Crippen LogP contribution >= 0.6 is 0 Å². The van der Waals surface area contributed by atoms with Crippen LogP contribution in [0.1, 0.15) is 72.3 Å². The Kier molecular flexibility index (Phi) is 5.41. The van der Waals surface area contributed by atoms with Crippen LogP contribution in [0.15, 0.2) is 53.2 Å². The summed E-state index contributed by atoms with van der Waals surface area (Å²) in [7, 11) is 0. The number of aromatic nitrogens is 3. The zero-order chi connectivity index (χ0) is 21.3. The van der Waals surface area contributed by atoms with Crippen LogP contribution in [-0.4, -0.2) is 39.1 Å². The molecule has 1 fully saturated rings. The average molecular weight is 405 g/mol. The molecule has 1 amide bonds. The highest BCUT2D eigenvalue weighted by molar-refractivity contribution is 5.94. The highest BCUT2D eigenvalue weighted by Crippen LogP contribution is 2.40. The molecular weight excluding hydrogens is 376 g/mol. The van der Waals surface area contributed by atoms with Crippen LogP contribution in [0.2, 0.25) is 0 Å². The third-order valence-electron chi connectivity index (χ3n) is 5.78. The van der Waals surface area contributed by atoms with Gasteiger partial charge in [0, 0.05) is 43.9 Å². The molecule has 0 radical (unpaired) electrons. The summed E-state index contributed by atoms with van der Waals surface area (Å²) in [5.41, 5.74) is 2.87. The lowest BCUT2D eigenvalue weighted by molar-refractivity contribution is 0.0791. The van der Waals surface area contributed by atoms with Crippen LogP contribution in [-0.2, 0) is 0 Å². The van der Waals surface area contributed by atoms with E-state index in [0.29, 0.717) is 23.3 Å². The first-order valence-corrected chi connectivity index (χ1v) is 10.4. The standard InChI is InChI=1S/C24H28N4O2/c1-16-26-27-22(30-16)21(24(2,3)4)17-7-9-18(10-8-17)23(29)28-13-11-20(15-28)19-6-5-12-25-14-19/h5-10,12,14,20-21H,11,13,15H2,1-4H3. The van der Waals surface area contributed by atoms with E-state index in [9.17, 15) is 4.79 Å². The van der Waals surface area contributed by atoms with Gasteiger partial charge in [0.25, 0.3) is 5.91 Å². The van der Waals surface area contributed by atoms with E-state index in [4.69, 9.17) is 4.42 Å². The van der Waals surface area contributed by atoms with Gasteiger partial charge in [-0.15, -0.1) is 10.2 Å². The SMILES string of the molecule is Cc1nnc(C(c2ccc(C(=O)N3CCC(c4cccnc4)C3)cc2)C(C)(C)C)o1. The molecule has 1 aliphatic rings. The number of rotatable bonds is 4. The summed E-state index contributed by atoms with van der Waals surface area (Å²) in [5, 5.41) is 8.24. The molecule has 2 aromatic heterocycles. The van der Waals surface area contributed by atoms with Crippen molar-refractivity contribution in [2.24, 2.45) is 5.41 Å². The number of hydrogen-bond donors (Lipinski definition) is 0. The zero-order valence-corrected chi connectivity index (χ0v) is 18.0. The molecule has 3 heterocycles. The Morgan fingerprint density at radius 3 is 2.53 bits per heavy atom. The largest absolute Gasteiger partial charge is 0.425 e. The third-order valence-corrected chi connectivity index (χ3v) is 5.78. The first-order valence-electron chi connectivity index (χ1n) is 10.4. The fourth-order valence-corrected chi connectivity index (χ4v) is 4.28. The third kappa shape index (κ3) is 4.13. The lowest BCUT2D eigenvalue weighted by Crippen LogP contribution is -2.28. The molecule has 156 valence electrons. The topological polar surface area (TPSA) is 72.1 Å². The predicted octanol–water partition coefficient (Wildman–Crippen LogP) is 4.58. The maximum Gasteiger partial charge on any atom is 0.253 e. The summed E-state index contributed by atoms with van der Waals surface area (Å²) in [4.78, 5) is 19.2. The van der Waals surface area contributed by atoms with Gasteiger partial charge in [0.05, 0.1) is 5.92 Å². The summed E-state index contributed by atoms with van der Waals surface area (Å²) in [5.74, 6) is 1.56. The van der Waals surface area contributed by atoms with Gasteiger partial charge in [-0.3, -0.25) is 9.78 Å². The Hall–Kier alpha value is -3.02. The average Bonchev–Trinajstić information content (AvgIpc) is 3.37. The molecule has 6 heteroatoms. The molecule has 30 heavy (non-hydrogen) atoms. The number of hydrogen-bond acceptors (Lipinski definition) is 5. The second-order valence-corrected chi connectivity index (χ2v) is 9.10.